The topological polar surface area (TPSA) is 102 Å². The van der Waals surface area contributed by atoms with Crippen molar-refractivity contribution in [2.45, 2.75) is 22.5 Å². The number of hydrogen-bond donors (Lipinski definition) is 2. The number of carbonyl (C=O) groups excluding carboxylic acids is 1. The third kappa shape index (κ3) is 4.99. The lowest BCUT2D eigenvalue weighted by Gasteiger charge is -2.19. The molecular weight excluding hydrogens is 473 g/mol. The van der Waals surface area contributed by atoms with Gasteiger partial charge in [-0.05, 0) is 12.1 Å². The Morgan fingerprint density at radius 2 is 1.94 bits per heavy atom. The van der Waals surface area contributed by atoms with Gasteiger partial charge >= 0.3 is 11.5 Å². The molecule has 0 spiro atoms. The number of nitrogens with one attached hydrogen (secondary N) is 2. The molecule has 3 aromatic rings. The minimum absolute atomic E-state index is 0.00894. The van der Waals surface area contributed by atoms with Crippen molar-refractivity contribution in [1.82, 2.24) is 20.5 Å². The third-order valence-electron chi connectivity index (χ3n) is 4.75. The average Bonchev–Trinajstić information content (AvgIpc) is 3.35. The molecule has 0 saturated carbocycles. The molecule has 3 heterocycles. The van der Waals surface area contributed by atoms with Gasteiger partial charge in [0.2, 0.25) is 5.91 Å². The highest BCUT2D eigenvalue weighted by Crippen LogP contribution is 2.36. The maximum Gasteiger partial charge on any atom is 0.447 e. The van der Waals surface area contributed by atoms with Crippen molar-refractivity contribution in [2.75, 3.05) is 19.0 Å². The second kappa shape index (κ2) is 8.84. The first-order valence-corrected chi connectivity index (χ1v) is 10.1. The van der Waals surface area contributed by atoms with E-state index >= 15 is 0 Å². The molecule has 4 rings (SSSR count). The van der Waals surface area contributed by atoms with Crippen molar-refractivity contribution >= 4 is 23.7 Å². The third-order valence-corrected chi connectivity index (χ3v) is 5.43. The number of thioether (sulfide) groups is 1. The Balaban J connectivity index is 1.53. The van der Waals surface area contributed by atoms with Gasteiger partial charge in [0, 0.05) is 48.1 Å². The molecule has 2 N–H and O–H groups in total. The predicted octanol–water partition coefficient (Wildman–Crippen LogP) is 3.72. The molecule has 2 aromatic heterocycles. The van der Waals surface area contributed by atoms with Crippen molar-refractivity contribution in [3.8, 4) is 17.2 Å². The first-order valence-electron chi connectivity index (χ1n) is 9.27. The minimum Gasteiger partial charge on any atom is -0.497 e. The van der Waals surface area contributed by atoms with Crippen molar-refractivity contribution in [2.24, 2.45) is 0 Å². The summed E-state index contributed by atoms with van der Waals surface area (Å²) in [5.74, 6) is -3.32. The maximum atomic E-state index is 14.5. The molecule has 0 unspecified atom stereocenters. The Morgan fingerprint density at radius 1 is 1.21 bits per heavy atom. The molecule has 2 atom stereocenters. The first kappa shape index (κ1) is 22.8. The summed E-state index contributed by atoms with van der Waals surface area (Å²) in [4.78, 5) is 16.0. The van der Waals surface area contributed by atoms with Crippen LogP contribution in [-0.2, 0) is 4.79 Å². The second-order valence-corrected chi connectivity index (χ2v) is 7.91. The smallest absolute Gasteiger partial charge is 0.447 e. The zero-order valence-corrected chi connectivity index (χ0v) is 17.4. The van der Waals surface area contributed by atoms with Crippen molar-refractivity contribution in [1.29, 1.82) is 0 Å². The monoisotopic (exact) mass is 487 g/mol. The summed E-state index contributed by atoms with van der Waals surface area (Å²) in [6.45, 7) is -0.0417. The van der Waals surface area contributed by atoms with Crippen LogP contribution in [0, 0.1) is 11.6 Å². The zero-order valence-electron chi connectivity index (χ0n) is 16.6. The van der Waals surface area contributed by atoms with E-state index in [-0.39, 0.29) is 52.1 Å². The van der Waals surface area contributed by atoms with Gasteiger partial charge in [-0.1, -0.05) is 5.10 Å². The SMILES string of the molecule is COc1cc(F)c([C@@H]2CNC(=O)[C@H]2Nc2nnc(-c3ccc(SC(F)(F)F)nc3)o2)c(F)c1. The van der Waals surface area contributed by atoms with Crippen LogP contribution in [0.2, 0.25) is 0 Å². The number of pyridine rings is 1. The molecule has 33 heavy (non-hydrogen) atoms. The molecule has 0 aliphatic carbocycles. The first-order chi connectivity index (χ1) is 15.6. The van der Waals surface area contributed by atoms with Crippen LogP contribution in [0.4, 0.5) is 28.0 Å². The van der Waals surface area contributed by atoms with Crippen LogP contribution < -0.4 is 15.4 Å². The lowest BCUT2D eigenvalue weighted by atomic mass is 9.93. The van der Waals surface area contributed by atoms with Crippen LogP contribution in [0.3, 0.4) is 0 Å². The number of benzene rings is 1. The van der Waals surface area contributed by atoms with E-state index in [9.17, 15) is 26.7 Å². The van der Waals surface area contributed by atoms with Gasteiger partial charge in [-0.3, -0.25) is 4.79 Å². The summed E-state index contributed by atoms with van der Waals surface area (Å²) in [5.41, 5.74) is -4.55. The van der Waals surface area contributed by atoms with E-state index in [1.165, 1.54) is 13.2 Å². The largest absolute Gasteiger partial charge is 0.497 e. The lowest BCUT2D eigenvalue weighted by Crippen LogP contribution is -2.33. The number of halogens is 5. The molecule has 174 valence electrons. The van der Waals surface area contributed by atoms with E-state index in [1.54, 1.807) is 0 Å². The molecule has 1 saturated heterocycles. The molecule has 1 fully saturated rings. The van der Waals surface area contributed by atoms with Gasteiger partial charge in [0.15, 0.2) is 0 Å². The molecule has 0 bridgehead atoms. The highest BCUT2D eigenvalue weighted by atomic mass is 32.2. The van der Waals surface area contributed by atoms with Gasteiger partial charge in [0.25, 0.3) is 5.89 Å². The van der Waals surface area contributed by atoms with E-state index < -0.39 is 35.0 Å². The fraction of sp³-hybridized carbons (Fsp3) is 0.263. The quantitative estimate of drug-likeness (QED) is 0.401. The number of methoxy groups -OCH3 is 1. The number of ether oxygens (including phenoxy) is 1. The van der Waals surface area contributed by atoms with Crippen LogP contribution in [0.15, 0.2) is 39.9 Å². The summed E-state index contributed by atoms with van der Waals surface area (Å²) in [7, 11) is 1.27. The summed E-state index contributed by atoms with van der Waals surface area (Å²) in [6.07, 6.45) is 1.12. The summed E-state index contributed by atoms with van der Waals surface area (Å²) < 4.78 is 76.6. The van der Waals surface area contributed by atoms with Gasteiger partial charge in [-0.2, -0.15) is 13.2 Å². The van der Waals surface area contributed by atoms with E-state index in [4.69, 9.17) is 9.15 Å². The molecule has 14 heteroatoms. The summed E-state index contributed by atoms with van der Waals surface area (Å²) in [5, 5.41) is 12.4. The van der Waals surface area contributed by atoms with Crippen LogP contribution >= 0.6 is 11.8 Å². The Labute approximate surface area is 186 Å². The molecular formula is C19H14F5N5O3S. The number of aromatic nitrogens is 3. The molecule has 1 aliphatic rings. The summed E-state index contributed by atoms with van der Waals surface area (Å²) in [6, 6.07) is 3.12. The average molecular weight is 487 g/mol. The number of anilines is 1. The van der Waals surface area contributed by atoms with Gasteiger partial charge in [0.05, 0.1) is 12.7 Å². The van der Waals surface area contributed by atoms with Crippen LogP contribution in [0.25, 0.3) is 11.5 Å². The number of carbonyl (C=O) groups is 1. The Morgan fingerprint density at radius 3 is 2.55 bits per heavy atom. The Kier molecular flexibility index (Phi) is 6.10. The maximum absolute atomic E-state index is 14.5. The van der Waals surface area contributed by atoms with E-state index in [0.29, 0.717) is 0 Å². The van der Waals surface area contributed by atoms with Crippen molar-refractivity contribution in [3.05, 3.63) is 47.7 Å². The van der Waals surface area contributed by atoms with Crippen molar-refractivity contribution < 1.29 is 35.9 Å². The zero-order chi connectivity index (χ0) is 23.8. The number of alkyl halides is 3. The second-order valence-electron chi connectivity index (χ2n) is 6.82. The van der Waals surface area contributed by atoms with Crippen LogP contribution in [-0.4, -0.2) is 46.3 Å². The van der Waals surface area contributed by atoms with Gasteiger partial charge < -0.3 is 19.8 Å². The van der Waals surface area contributed by atoms with Crippen molar-refractivity contribution in [3.63, 3.8) is 0 Å². The molecule has 0 radical (unpaired) electrons. The Hall–Kier alpha value is -3.42. The van der Waals surface area contributed by atoms with E-state index in [1.807, 2.05) is 0 Å². The van der Waals surface area contributed by atoms with Crippen LogP contribution in [0.5, 0.6) is 5.75 Å². The lowest BCUT2D eigenvalue weighted by molar-refractivity contribution is -0.119. The fourth-order valence-corrected chi connectivity index (χ4v) is 3.78. The summed E-state index contributed by atoms with van der Waals surface area (Å²) >= 11 is -0.370. The molecule has 1 aromatic carbocycles. The minimum atomic E-state index is -4.47. The molecule has 1 amide bonds. The van der Waals surface area contributed by atoms with Gasteiger partial charge in [-0.25, -0.2) is 13.8 Å². The van der Waals surface area contributed by atoms with Gasteiger partial charge in [-0.15, -0.1) is 5.10 Å². The van der Waals surface area contributed by atoms with Gasteiger partial charge in [0.1, 0.15) is 28.5 Å². The number of hydrogen-bond acceptors (Lipinski definition) is 8. The fourth-order valence-electron chi connectivity index (χ4n) is 3.31. The highest BCUT2D eigenvalue weighted by Gasteiger charge is 2.40. The molecule has 1 aliphatic heterocycles. The normalized spacial score (nSPS) is 18.3. The number of nitrogens with zero attached hydrogens (tertiary/aromatic N) is 3. The number of amides is 1. The standard InChI is InChI=1S/C19H14F5N5O3S/c1-31-9-4-11(20)14(12(21)5-9)10-7-26-16(30)15(10)27-18-29-28-17(32-18)8-2-3-13(25-6-8)33-19(22,23)24/h2-6,10,15H,7H2,1H3,(H,26,30)(H,27,29)/t10-,15-/m0/s1. The van der Waals surface area contributed by atoms with E-state index in [2.05, 4.69) is 25.8 Å². The predicted molar refractivity (Wildman–Crippen MR) is 106 cm³/mol. The molecule has 8 nitrogen and oxygen atoms in total. The Bertz CT molecular complexity index is 1150. The van der Waals surface area contributed by atoms with Crippen LogP contribution in [0.1, 0.15) is 11.5 Å². The number of rotatable bonds is 6. The highest BCUT2D eigenvalue weighted by molar-refractivity contribution is 8.00. The van der Waals surface area contributed by atoms with E-state index in [0.717, 1.165) is 24.4 Å².